The summed E-state index contributed by atoms with van der Waals surface area (Å²) in [4.78, 5) is 26.0. The first-order valence-electron chi connectivity index (χ1n) is 8.18. The monoisotopic (exact) mass is 355 g/mol. The zero-order valence-corrected chi connectivity index (χ0v) is 14.0. The van der Waals surface area contributed by atoms with E-state index in [9.17, 15) is 14.9 Å². The number of para-hydroxylation sites is 1. The SMILES string of the molecule is O=C1Nc2ccc(C#Cc3ccccc3[N+](=O)[O-])cc2C1=Cc1ccc[nH]1. The minimum absolute atomic E-state index is 0.0321. The molecule has 130 valence electrons. The maximum Gasteiger partial charge on any atom is 0.284 e. The largest absolute Gasteiger partial charge is 0.362 e. The summed E-state index contributed by atoms with van der Waals surface area (Å²) in [6, 6.07) is 15.4. The number of carbonyl (C=O) groups is 1. The highest BCUT2D eigenvalue weighted by molar-refractivity contribution is 6.34. The number of aromatic nitrogens is 1. The first-order valence-corrected chi connectivity index (χ1v) is 8.18. The van der Waals surface area contributed by atoms with Gasteiger partial charge >= 0.3 is 0 Å². The minimum atomic E-state index is -0.452. The molecule has 6 nitrogen and oxygen atoms in total. The third-order valence-corrected chi connectivity index (χ3v) is 4.17. The van der Waals surface area contributed by atoms with E-state index < -0.39 is 4.92 Å². The quantitative estimate of drug-likeness (QED) is 0.317. The van der Waals surface area contributed by atoms with Crippen molar-refractivity contribution in [3.8, 4) is 11.8 Å². The van der Waals surface area contributed by atoms with Crippen LogP contribution in [0.5, 0.6) is 0 Å². The van der Waals surface area contributed by atoms with Crippen LogP contribution in [-0.2, 0) is 4.79 Å². The van der Waals surface area contributed by atoms with E-state index in [0.717, 1.165) is 11.3 Å². The van der Waals surface area contributed by atoms with E-state index in [0.29, 0.717) is 22.4 Å². The van der Waals surface area contributed by atoms with E-state index in [2.05, 4.69) is 22.1 Å². The standard InChI is InChI=1S/C21H13N3O3/c25-21-18(13-16-5-3-11-22-16)17-12-14(8-10-19(17)23-21)7-9-15-4-1-2-6-20(15)24(26)27/h1-6,8,10-13,22H,(H,23,25). The van der Waals surface area contributed by atoms with Crippen molar-refractivity contribution in [2.45, 2.75) is 0 Å². The van der Waals surface area contributed by atoms with Crippen LogP contribution in [0.4, 0.5) is 11.4 Å². The molecule has 6 heteroatoms. The van der Waals surface area contributed by atoms with Crippen molar-refractivity contribution in [3.63, 3.8) is 0 Å². The number of carbonyl (C=O) groups excluding carboxylic acids is 1. The van der Waals surface area contributed by atoms with E-state index in [-0.39, 0.29) is 11.6 Å². The Hall–Kier alpha value is -4.11. The van der Waals surface area contributed by atoms with Gasteiger partial charge in [0.1, 0.15) is 5.56 Å². The van der Waals surface area contributed by atoms with Crippen molar-refractivity contribution in [2.24, 2.45) is 0 Å². The van der Waals surface area contributed by atoms with Crippen molar-refractivity contribution in [1.29, 1.82) is 0 Å². The molecule has 2 N–H and O–H groups in total. The molecule has 0 unspecified atom stereocenters. The number of benzene rings is 2. The van der Waals surface area contributed by atoms with Crippen molar-refractivity contribution in [1.82, 2.24) is 4.98 Å². The summed E-state index contributed by atoms with van der Waals surface area (Å²) in [6.45, 7) is 0. The van der Waals surface area contributed by atoms with Crippen LogP contribution in [0.25, 0.3) is 11.6 Å². The van der Waals surface area contributed by atoms with Crippen LogP contribution in [0, 0.1) is 22.0 Å². The van der Waals surface area contributed by atoms with E-state index >= 15 is 0 Å². The highest BCUT2D eigenvalue weighted by Gasteiger charge is 2.24. The fourth-order valence-corrected chi connectivity index (χ4v) is 2.88. The van der Waals surface area contributed by atoms with Gasteiger partial charge in [0.15, 0.2) is 0 Å². The van der Waals surface area contributed by atoms with E-state index in [4.69, 9.17) is 0 Å². The maximum absolute atomic E-state index is 12.3. The van der Waals surface area contributed by atoms with Gasteiger partial charge in [0.25, 0.3) is 11.6 Å². The highest BCUT2D eigenvalue weighted by atomic mass is 16.6. The van der Waals surface area contributed by atoms with E-state index in [1.54, 1.807) is 42.6 Å². The van der Waals surface area contributed by atoms with Crippen LogP contribution in [0.3, 0.4) is 0 Å². The van der Waals surface area contributed by atoms with Crippen LogP contribution in [0.2, 0.25) is 0 Å². The van der Waals surface area contributed by atoms with Crippen LogP contribution in [-0.4, -0.2) is 15.8 Å². The van der Waals surface area contributed by atoms with Gasteiger partial charge in [0.05, 0.1) is 10.5 Å². The number of amides is 1. The predicted octanol–water partition coefficient (Wildman–Crippen LogP) is 3.82. The molecular formula is C21H13N3O3. The lowest BCUT2D eigenvalue weighted by atomic mass is 10.0. The third kappa shape index (κ3) is 3.22. The number of anilines is 1. The van der Waals surface area contributed by atoms with Gasteiger partial charge < -0.3 is 10.3 Å². The van der Waals surface area contributed by atoms with Crippen LogP contribution in [0.1, 0.15) is 22.4 Å². The molecule has 2 aromatic carbocycles. The number of nitro groups is 1. The number of nitrogens with one attached hydrogen (secondary N) is 2. The number of H-pyrrole nitrogens is 1. The lowest BCUT2D eigenvalue weighted by Gasteiger charge is -1.99. The molecule has 4 rings (SSSR count). The zero-order valence-electron chi connectivity index (χ0n) is 14.0. The molecule has 2 heterocycles. The number of fused-ring (bicyclic) bond motifs is 1. The predicted molar refractivity (Wildman–Crippen MR) is 103 cm³/mol. The van der Waals surface area contributed by atoms with Crippen molar-refractivity contribution in [2.75, 3.05) is 5.32 Å². The van der Waals surface area contributed by atoms with E-state index in [1.807, 2.05) is 18.2 Å². The maximum atomic E-state index is 12.3. The molecule has 1 aliphatic rings. The van der Waals surface area contributed by atoms with Crippen molar-refractivity contribution < 1.29 is 9.72 Å². The molecule has 0 radical (unpaired) electrons. The Morgan fingerprint density at radius 1 is 1.04 bits per heavy atom. The Labute approximate surface area is 154 Å². The first kappa shape index (κ1) is 16.4. The average molecular weight is 355 g/mol. The molecule has 1 aliphatic heterocycles. The fraction of sp³-hybridized carbons (Fsp3) is 0. The zero-order chi connectivity index (χ0) is 18.8. The van der Waals surface area contributed by atoms with Gasteiger partial charge in [0, 0.05) is 34.8 Å². The Morgan fingerprint density at radius 2 is 1.89 bits per heavy atom. The summed E-state index contributed by atoms with van der Waals surface area (Å²) in [7, 11) is 0. The summed E-state index contributed by atoms with van der Waals surface area (Å²) in [5, 5.41) is 13.9. The smallest absolute Gasteiger partial charge is 0.284 e. The summed E-state index contributed by atoms with van der Waals surface area (Å²) >= 11 is 0. The third-order valence-electron chi connectivity index (χ3n) is 4.17. The van der Waals surface area contributed by atoms with Gasteiger partial charge in [-0.2, -0.15) is 0 Å². The number of aromatic amines is 1. The molecule has 0 spiro atoms. The minimum Gasteiger partial charge on any atom is -0.362 e. The second-order valence-electron chi connectivity index (χ2n) is 5.92. The second kappa shape index (κ2) is 6.65. The number of nitrogens with zero attached hydrogens (tertiary/aromatic N) is 1. The molecule has 0 aliphatic carbocycles. The number of nitro benzene ring substituents is 1. The number of hydrogen-bond acceptors (Lipinski definition) is 3. The van der Waals surface area contributed by atoms with E-state index in [1.165, 1.54) is 6.07 Å². The number of hydrogen-bond donors (Lipinski definition) is 2. The topological polar surface area (TPSA) is 88.0 Å². The molecule has 27 heavy (non-hydrogen) atoms. The highest BCUT2D eigenvalue weighted by Crippen LogP contribution is 2.33. The van der Waals surface area contributed by atoms with Gasteiger partial charge in [-0.1, -0.05) is 24.0 Å². The van der Waals surface area contributed by atoms with Crippen molar-refractivity contribution in [3.05, 3.63) is 93.3 Å². The normalized spacial score (nSPS) is 13.6. The van der Waals surface area contributed by atoms with Crippen LogP contribution < -0.4 is 5.32 Å². The molecule has 0 saturated heterocycles. The van der Waals surface area contributed by atoms with Crippen LogP contribution in [0.15, 0.2) is 60.8 Å². The van der Waals surface area contributed by atoms with Crippen LogP contribution >= 0.6 is 0 Å². The second-order valence-corrected chi connectivity index (χ2v) is 5.92. The summed E-state index contributed by atoms with van der Waals surface area (Å²) in [5.41, 5.74) is 3.82. The molecule has 0 saturated carbocycles. The molecular weight excluding hydrogens is 342 g/mol. The summed E-state index contributed by atoms with van der Waals surface area (Å²) in [6.07, 6.45) is 3.56. The molecule has 0 atom stereocenters. The molecule has 1 aromatic heterocycles. The molecule has 1 amide bonds. The van der Waals surface area contributed by atoms with Crippen molar-refractivity contribution >= 4 is 28.9 Å². The van der Waals surface area contributed by atoms with Gasteiger partial charge in [-0.25, -0.2) is 0 Å². The molecule has 3 aromatic rings. The number of rotatable bonds is 2. The Bertz CT molecular complexity index is 1150. The molecule has 0 fully saturated rings. The Morgan fingerprint density at radius 3 is 2.67 bits per heavy atom. The lowest BCUT2D eigenvalue weighted by Crippen LogP contribution is -2.03. The Kier molecular flexibility index (Phi) is 4.03. The molecule has 0 bridgehead atoms. The lowest BCUT2D eigenvalue weighted by molar-refractivity contribution is -0.385. The van der Waals surface area contributed by atoms with Gasteiger partial charge in [-0.15, -0.1) is 0 Å². The fourth-order valence-electron chi connectivity index (χ4n) is 2.88. The Balaban J connectivity index is 1.72. The summed E-state index contributed by atoms with van der Waals surface area (Å²) < 4.78 is 0. The van der Waals surface area contributed by atoms with Gasteiger partial charge in [-0.3, -0.25) is 14.9 Å². The van der Waals surface area contributed by atoms with Gasteiger partial charge in [-0.05, 0) is 42.5 Å². The first-order chi connectivity index (χ1) is 13.1. The average Bonchev–Trinajstić information content (AvgIpc) is 3.29. The van der Waals surface area contributed by atoms with Gasteiger partial charge in [0.2, 0.25) is 0 Å². The summed E-state index contributed by atoms with van der Waals surface area (Å²) in [5.74, 6) is 5.63.